The zero-order valence-electron chi connectivity index (χ0n) is 18.2. The third-order valence-electron chi connectivity index (χ3n) is 6.42. The summed E-state index contributed by atoms with van der Waals surface area (Å²) in [5.74, 6) is 0.841. The molecule has 2 saturated heterocycles. The van der Waals surface area contributed by atoms with Crippen LogP contribution in [0.3, 0.4) is 0 Å². The lowest BCUT2D eigenvalue weighted by molar-refractivity contribution is 0.0169. The van der Waals surface area contributed by atoms with Crippen molar-refractivity contribution in [3.63, 3.8) is 0 Å². The summed E-state index contributed by atoms with van der Waals surface area (Å²) in [5, 5.41) is 17.1. The van der Waals surface area contributed by atoms with E-state index in [1.54, 1.807) is 13.1 Å². The van der Waals surface area contributed by atoms with Crippen LogP contribution < -0.4 is 10.2 Å². The van der Waals surface area contributed by atoms with Crippen LogP contribution in [-0.2, 0) is 11.3 Å². The van der Waals surface area contributed by atoms with Crippen molar-refractivity contribution in [1.82, 2.24) is 20.1 Å². The van der Waals surface area contributed by atoms with Gasteiger partial charge in [-0.05, 0) is 43.5 Å². The van der Waals surface area contributed by atoms with Crippen LogP contribution in [0.25, 0.3) is 22.2 Å². The highest BCUT2D eigenvalue weighted by Crippen LogP contribution is 2.36. The Labute approximate surface area is 186 Å². The number of hydrogen-bond donors (Lipinski definition) is 1. The second-order valence-corrected chi connectivity index (χ2v) is 8.88. The second kappa shape index (κ2) is 8.49. The Hall–Kier alpha value is -3.02. The van der Waals surface area contributed by atoms with Gasteiger partial charge < -0.3 is 15.0 Å². The number of alkyl halides is 1. The predicted molar refractivity (Wildman–Crippen MR) is 121 cm³/mol. The fraction of sp³-hybridized carbons (Fsp3) is 0.458. The molecule has 3 aromatic rings. The van der Waals surface area contributed by atoms with Crippen LogP contribution in [0.2, 0.25) is 0 Å². The molecule has 0 spiro atoms. The number of halogens is 1. The molecule has 1 aromatic carbocycles. The Morgan fingerprint density at radius 1 is 1.28 bits per heavy atom. The van der Waals surface area contributed by atoms with E-state index in [0.717, 1.165) is 41.1 Å². The van der Waals surface area contributed by atoms with E-state index in [-0.39, 0.29) is 6.10 Å². The maximum Gasteiger partial charge on any atom is 0.137 e. The minimum absolute atomic E-state index is 0.0641. The molecule has 7 nitrogen and oxygen atoms in total. The van der Waals surface area contributed by atoms with Crippen LogP contribution in [0, 0.1) is 11.3 Å². The number of anilines is 1. The Kier molecular flexibility index (Phi) is 5.53. The van der Waals surface area contributed by atoms with Crippen LogP contribution in [0.4, 0.5) is 10.2 Å². The minimum Gasteiger partial charge on any atom is -0.374 e. The number of ether oxygens (including phenoxy) is 1. The Balaban J connectivity index is 1.55. The summed E-state index contributed by atoms with van der Waals surface area (Å²) in [6.45, 7) is 5.92. The average Bonchev–Trinajstić information content (AvgIpc) is 3.20. The number of rotatable bonds is 4. The quantitative estimate of drug-likeness (QED) is 0.679. The van der Waals surface area contributed by atoms with Crippen molar-refractivity contribution in [3.05, 3.63) is 42.1 Å². The molecule has 1 atom stereocenters. The molecule has 8 heteroatoms. The van der Waals surface area contributed by atoms with E-state index in [2.05, 4.69) is 27.5 Å². The van der Waals surface area contributed by atoms with Crippen molar-refractivity contribution in [2.24, 2.45) is 0 Å². The van der Waals surface area contributed by atoms with Gasteiger partial charge >= 0.3 is 0 Å². The molecule has 2 aliphatic rings. The topological polar surface area (TPSA) is 79.0 Å². The molecule has 2 aromatic heterocycles. The monoisotopic (exact) mass is 434 g/mol. The van der Waals surface area contributed by atoms with Crippen LogP contribution in [0.5, 0.6) is 0 Å². The molecule has 0 bridgehead atoms. The van der Waals surface area contributed by atoms with Gasteiger partial charge in [0.25, 0.3) is 0 Å². The lowest BCUT2D eigenvalue weighted by atomic mass is 9.95. The maximum absolute atomic E-state index is 14.4. The molecule has 0 unspecified atom stereocenters. The van der Waals surface area contributed by atoms with Gasteiger partial charge in [0.2, 0.25) is 0 Å². The van der Waals surface area contributed by atoms with Gasteiger partial charge in [-0.2, -0.15) is 10.4 Å². The molecule has 2 aliphatic heterocycles. The van der Waals surface area contributed by atoms with Crippen LogP contribution in [0.15, 0.2) is 36.5 Å². The van der Waals surface area contributed by atoms with E-state index in [9.17, 15) is 9.65 Å². The van der Waals surface area contributed by atoms with Gasteiger partial charge in [-0.1, -0.05) is 12.1 Å². The summed E-state index contributed by atoms with van der Waals surface area (Å²) >= 11 is 0. The molecule has 5 rings (SSSR count). The van der Waals surface area contributed by atoms with E-state index >= 15 is 0 Å². The normalized spacial score (nSPS) is 20.9. The molecular formula is C24H27FN6O. The summed E-state index contributed by atoms with van der Waals surface area (Å²) in [6, 6.07) is 11.8. The lowest BCUT2D eigenvalue weighted by Gasteiger charge is -2.35. The van der Waals surface area contributed by atoms with Gasteiger partial charge in [-0.25, -0.2) is 9.37 Å². The summed E-state index contributed by atoms with van der Waals surface area (Å²) < 4.78 is 22.2. The van der Waals surface area contributed by atoms with E-state index in [4.69, 9.17) is 9.72 Å². The molecule has 0 radical (unpaired) electrons. The first-order valence-electron chi connectivity index (χ1n) is 11.2. The SMILES string of the molecule is CC1(F)CCN(c2nc3cnn(C[C@@H]4CNCCO4)c3cc2-c2ccc(C#N)cc2)CC1. The summed E-state index contributed by atoms with van der Waals surface area (Å²) in [6.07, 6.45) is 2.81. The van der Waals surface area contributed by atoms with Crippen molar-refractivity contribution < 1.29 is 9.13 Å². The highest BCUT2D eigenvalue weighted by molar-refractivity contribution is 5.88. The number of aromatic nitrogens is 3. The zero-order valence-corrected chi connectivity index (χ0v) is 18.2. The molecule has 32 heavy (non-hydrogen) atoms. The lowest BCUT2D eigenvalue weighted by Crippen LogP contribution is -2.41. The number of nitrogens with one attached hydrogen (secondary N) is 1. The number of benzene rings is 1. The molecule has 0 aliphatic carbocycles. The standard InChI is InChI=1S/C24H27FN6O/c1-24(25)6-9-30(10-7-24)23-20(18-4-2-17(13-26)3-5-18)12-22-21(29-23)15-28-31(22)16-19-14-27-8-11-32-19/h2-5,12,15,19,27H,6-11,14,16H2,1H3/t19-/m0/s1. The predicted octanol–water partition coefficient (Wildman–Crippen LogP) is 3.29. The summed E-state index contributed by atoms with van der Waals surface area (Å²) in [7, 11) is 0. The van der Waals surface area contributed by atoms with Crippen molar-refractivity contribution >= 4 is 16.9 Å². The van der Waals surface area contributed by atoms with E-state index in [1.165, 1.54) is 0 Å². The smallest absolute Gasteiger partial charge is 0.137 e. The molecule has 2 fully saturated rings. The zero-order chi connectivity index (χ0) is 22.1. The first kappa shape index (κ1) is 20.9. The van der Waals surface area contributed by atoms with E-state index in [0.29, 0.717) is 44.6 Å². The highest BCUT2D eigenvalue weighted by atomic mass is 19.1. The maximum atomic E-state index is 14.4. The van der Waals surface area contributed by atoms with Gasteiger partial charge in [-0.3, -0.25) is 4.68 Å². The van der Waals surface area contributed by atoms with Gasteiger partial charge in [0.05, 0.1) is 42.6 Å². The van der Waals surface area contributed by atoms with Crippen molar-refractivity contribution in [1.29, 1.82) is 5.26 Å². The fourth-order valence-corrected chi connectivity index (χ4v) is 4.43. The first-order valence-corrected chi connectivity index (χ1v) is 11.2. The number of nitriles is 1. The first-order chi connectivity index (χ1) is 15.5. The fourth-order valence-electron chi connectivity index (χ4n) is 4.43. The molecular weight excluding hydrogens is 407 g/mol. The average molecular weight is 435 g/mol. The highest BCUT2D eigenvalue weighted by Gasteiger charge is 2.31. The number of fused-ring (bicyclic) bond motifs is 1. The van der Waals surface area contributed by atoms with Crippen molar-refractivity contribution in [2.75, 3.05) is 37.7 Å². The molecule has 4 heterocycles. The molecule has 1 N–H and O–H groups in total. The molecule has 0 amide bonds. The molecule has 166 valence electrons. The third-order valence-corrected chi connectivity index (χ3v) is 6.42. The van der Waals surface area contributed by atoms with Gasteiger partial charge in [0.15, 0.2) is 0 Å². The van der Waals surface area contributed by atoms with Crippen LogP contribution in [-0.4, -0.2) is 59.3 Å². The Bertz CT molecular complexity index is 1130. The van der Waals surface area contributed by atoms with Crippen LogP contribution >= 0.6 is 0 Å². The molecule has 0 saturated carbocycles. The van der Waals surface area contributed by atoms with E-state index < -0.39 is 5.67 Å². The number of hydrogen-bond acceptors (Lipinski definition) is 6. The minimum atomic E-state index is -1.13. The van der Waals surface area contributed by atoms with Gasteiger partial charge in [0, 0.05) is 31.7 Å². The number of pyridine rings is 1. The van der Waals surface area contributed by atoms with Crippen LogP contribution in [0.1, 0.15) is 25.3 Å². The number of morpholine rings is 1. The Morgan fingerprint density at radius 2 is 2.06 bits per heavy atom. The van der Waals surface area contributed by atoms with Crippen molar-refractivity contribution in [3.8, 4) is 17.2 Å². The summed E-state index contributed by atoms with van der Waals surface area (Å²) in [5.41, 5.74) is 3.18. The second-order valence-electron chi connectivity index (χ2n) is 8.88. The van der Waals surface area contributed by atoms with Gasteiger partial charge in [-0.15, -0.1) is 0 Å². The largest absolute Gasteiger partial charge is 0.374 e. The Morgan fingerprint density at radius 3 is 2.75 bits per heavy atom. The number of nitrogens with zero attached hydrogens (tertiary/aromatic N) is 5. The van der Waals surface area contributed by atoms with E-state index in [1.807, 2.05) is 28.9 Å². The van der Waals surface area contributed by atoms with Crippen molar-refractivity contribution in [2.45, 2.75) is 38.1 Å². The number of piperidine rings is 1. The third kappa shape index (κ3) is 4.18. The van der Waals surface area contributed by atoms with Gasteiger partial charge in [0.1, 0.15) is 17.0 Å². The summed E-state index contributed by atoms with van der Waals surface area (Å²) in [4.78, 5) is 7.14.